The smallest absolute Gasteiger partial charge is 0.287 e. The van der Waals surface area contributed by atoms with Crippen LogP contribution in [0.5, 0.6) is 0 Å². The number of hydrazone groups is 1. The van der Waals surface area contributed by atoms with Crippen molar-refractivity contribution in [2.75, 3.05) is 6.26 Å². The van der Waals surface area contributed by atoms with Gasteiger partial charge in [-0.1, -0.05) is 18.2 Å². The maximum atomic E-state index is 12.3. The lowest BCUT2D eigenvalue weighted by Crippen LogP contribution is -2.33. The van der Waals surface area contributed by atoms with E-state index in [0.717, 1.165) is 9.77 Å². The third-order valence-electron chi connectivity index (χ3n) is 3.22. The van der Waals surface area contributed by atoms with Crippen molar-refractivity contribution in [3.8, 4) is 0 Å². The van der Waals surface area contributed by atoms with Gasteiger partial charge in [0.2, 0.25) is 0 Å². The Morgan fingerprint density at radius 1 is 1.16 bits per heavy atom. The van der Waals surface area contributed by atoms with Crippen molar-refractivity contribution in [3.63, 3.8) is 0 Å². The predicted octanol–water partition coefficient (Wildman–Crippen LogP) is 3.64. The summed E-state index contributed by atoms with van der Waals surface area (Å²) in [5.74, 6) is -0.792. The van der Waals surface area contributed by atoms with Gasteiger partial charge in [-0.3, -0.25) is 9.59 Å². The first-order valence-electron chi connectivity index (χ1n) is 7.51. The maximum Gasteiger partial charge on any atom is 0.287 e. The Kier molecular flexibility index (Phi) is 6.97. The van der Waals surface area contributed by atoms with Crippen molar-refractivity contribution >= 4 is 41.1 Å². The summed E-state index contributed by atoms with van der Waals surface area (Å²) < 4.78 is 1.12. The van der Waals surface area contributed by atoms with Crippen LogP contribution in [0.4, 0.5) is 0 Å². The number of thiophene rings is 1. The number of hydrogen-bond acceptors (Lipinski definition) is 5. The van der Waals surface area contributed by atoms with Crippen LogP contribution in [0.3, 0.4) is 0 Å². The second-order valence-electron chi connectivity index (χ2n) is 5.26. The Labute approximate surface area is 155 Å². The van der Waals surface area contributed by atoms with Crippen molar-refractivity contribution in [1.82, 2.24) is 10.7 Å². The Balaban J connectivity index is 2.04. The van der Waals surface area contributed by atoms with E-state index in [4.69, 9.17) is 0 Å². The largest absolute Gasteiger partial charge is 0.317 e. The number of carbonyl (C=O) groups is 2. The highest BCUT2D eigenvalue weighted by Gasteiger charge is 2.15. The first-order valence-corrected chi connectivity index (χ1v) is 9.62. The summed E-state index contributed by atoms with van der Waals surface area (Å²) in [6.45, 7) is 3.52. The zero-order valence-electron chi connectivity index (χ0n) is 14.2. The van der Waals surface area contributed by atoms with E-state index in [0.29, 0.717) is 11.1 Å². The molecule has 0 aliphatic rings. The summed E-state index contributed by atoms with van der Waals surface area (Å²) >= 11 is 3.24. The molecule has 2 N–H and O–H groups in total. The molecule has 130 valence electrons. The number of allylic oxidation sites excluding steroid dienone is 1. The van der Waals surface area contributed by atoms with E-state index in [1.807, 2.05) is 23.8 Å². The zero-order valence-corrected chi connectivity index (χ0v) is 15.8. The van der Waals surface area contributed by atoms with Crippen LogP contribution in [0.2, 0.25) is 0 Å². The fraction of sp³-hybridized carbons (Fsp3) is 0.167. The monoisotopic (exact) mass is 373 g/mol. The Hall–Kier alpha value is -2.38. The van der Waals surface area contributed by atoms with Gasteiger partial charge in [0.05, 0.1) is 10.4 Å². The lowest BCUT2D eigenvalue weighted by molar-refractivity contribution is -0.117. The highest BCUT2D eigenvalue weighted by Crippen LogP contribution is 2.25. The van der Waals surface area contributed by atoms with Crippen molar-refractivity contribution in [3.05, 3.63) is 64.2 Å². The normalized spacial score (nSPS) is 10.5. The van der Waals surface area contributed by atoms with Gasteiger partial charge in [0, 0.05) is 11.1 Å². The first-order chi connectivity index (χ1) is 12.0. The fourth-order valence-electron chi connectivity index (χ4n) is 1.97. The van der Waals surface area contributed by atoms with Crippen LogP contribution < -0.4 is 10.7 Å². The minimum absolute atomic E-state index is 0.196. The number of thioether (sulfide) groups is 1. The first kappa shape index (κ1) is 19.0. The van der Waals surface area contributed by atoms with Gasteiger partial charge in [-0.05, 0) is 49.3 Å². The van der Waals surface area contributed by atoms with Crippen molar-refractivity contribution in [2.45, 2.75) is 18.1 Å². The van der Waals surface area contributed by atoms with E-state index in [2.05, 4.69) is 15.8 Å². The molecule has 0 spiro atoms. The number of hydrogen-bond donors (Lipinski definition) is 2. The predicted molar refractivity (Wildman–Crippen MR) is 104 cm³/mol. The summed E-state index contributed by atoms with van der Waals surface area (Å²) in [7, 11) is 0. The molecule has 1 aromatic carbocycles. The third kappa shape index (κ3) is 5.30. The second-order valence-corrected chi connectivity index (χ2v) is 7.25. The van der Waals surface area contributed by atoms with Crippen LogP contribution in [-0.2, 0) is 4.79 Å². The standard InChI is InChI=1S/C18H19N3O2S2/c1-12(2)15(20-16(22)13-7-5-4-6-8-13)17(23)21-19-11-14-9-10-25-18(14)24-3/h4-11H,1-3H3,(H,20,22)(H,21,23)/b19-11+. The Bertz CT molecular complexity index is 807. The molecule has 0 saturated carbocycles. The molecule has 0 unspecified atom stereocenters. The number of amides is 2. The Morgan fingerprint density at radius 2 is 1.88 bits per heavy atom. The van der Waals surface area contributed by atoms with Crippen molar-refractivity contribution < 1.29 is 9.59 Å². The van der Waals surface area contributed by atoms with E-state index in [1.54, 1.807) is 67.4 Å². The fourth-order valence-corrected chi connectivity index (χ4v) is 3.47. The average molecular weight is 374 g/mol. The molecule has 1 heterocycles. The van der Waals surface area contributed by atoms with E-state index in [-0.39, 0.29) is 11.6 Å². The molecular weight excluding hydrogens is 354 g/mol. The van der Waals surface area contributed by atoms with Gasteiger partial charge >= 0.3 is 0 Å². The number of nitrogens with zero attached hydrogens (tertiary/aromatic N) is 1. The molecule has 0 saturated heterocycles. The minimum atomic E-state index is -0.457. The summed E-state index contributed by atoms with van der Waals surface area (Å²) in [6.07, 6.45) is 3.59. The quantitative estimate of drug-likeness (QED) is 0.351. The van der Waals surface area contributed by atoms with Gasteiger partial charge in [-0.25, -0.2) is 5.43 Å². The van der Waals surface area contributed by atoms with Gasteiger partial charge in [0.15, 0.2) is 0 Å². The molecule has 1 aromatic heterocycles. The summed E-state index contributed by atoms with van der Waals surface area (Å²) in [4.78, 5) is 24.6. The van der Waals surface area contributed by atoms with Gasteiger partial charge in [-0.15, -0.1) is 23.1 Å². The molecule has 0 fully saturated rings. The summed E-state index contributed by atoms with van der Waals surface area (Å²) in [6, 6.07) is 10.7. The lowest BCUT2D eigenvalue weighted by Gasteiger charge is -2.10. The van der Waals surface area contributed by atoms with Crippen LogP contribution in [0.15, 0.2) is 62.4 Å². The molecule has 0 bridgehead atoms. The number of carbonyl (C=O) groups excluding carboxylic acids is 2. The summed E-state index contributed by atoms with van der Waals surface area (Å²) in [5, 5.41) is 8.61. The van der Waals surface area contributed by atoms with Gasteiger partial charge < -0.3 is 5.32 Å². The third-order valence-corrected chi connectivity index (χ3v) is 5.33. The second kappa shape index (κ2) is 9.19. The SMILES string of the molecule is CSc1sccc1/C=N/NC(=O)C(NC(=O)c1ccccc1)=C(C)C. The van der Waals surface area contributed by atoms with Crippen LogP contribution >= 0.6 is 23.1 Å². The molecular formula is C18H19N3O2S2. The molecule has 5 nitrogen and oxygen atoms in total. The lowest BCUT2D eigenvalue weighted by atomic mass is 10.2. The van der Waals surface area contributed by atoms with E-state index < -0.39 is 5.91 Å². The van der Waals surface area contributed by atoms with Crippen molar-refractivity contribution in [2.24, 2.45) is 5.10 Å². The van der Waals surface area contributed by atoms with E-state index >= 15 is 0 Å². The molecule has 0 atom stereocenters. The highest BCUT2D eigenvalue weighted by atomic mass is 32.2. The minimum Gasteiger partial charge on any atom is -0.317 e. The molecule has 0 aliphatic carbocycles. The maximum absolute atomic E-state index is 12.3. The topological polar surface area (TPSA) is 70.6 Å². The van der Waals surface area contributed by atoms with E-state index in [1.165, 1.54) is 0 Å². The molecule has 2 rings (SSSR count). The van der Waals surface area contributed by atoms with E-state index in [9.17, 15) is 9.59 Å². The van der Waals surface area contributed by atoms with Crippen molar-refractivity contribution in [1.29, 1.82) is 0 Å². The molecule has 2 aromatic rings. The van der Waals surface area contributed by atoms with Crippen LogP contribution in [0.25, 0.3) is 0 Å². The summed E-state index contributed by atoms with van der Waals surface area (Å²) in [5.41, 5.74) is 4.79. The van der Waals surface area contributed by atoms with Crippen LogP contribution in [-0.4, -0.2) is 24.3 Å². The van der Waals surface area contributed by atoms with Crippen LogP contribution in [0, 0.1) is 0 Å². The average Bonchev–Trinajstić information content (AvgIpc) is 3.07. The number of nitrogens with one attached hydrogen (secondary N) is 2. The molecule has 0 radical (unpaired) electrons. The molecule has 25 heavy (non-hydrogen) atoms. The van der Waals surface area contributed by atoms with Gasteiger partial charge in [0.1, 0.15) is 5.70 Å². The molecule has 7 heteroatoms. The van der Waals surface area contributed by atoms with Crippen LogP contribution in [0.1, 0.15) is 29.8 Å². The van der Waals surface area contributed by atoms with Gasteiger partial charge in [-0.2, -0.15) is 5.10 Å². The number of benzene rings is 1. The highest BCUT2D eigenvalue weighted by molar-refractivity contribution is 8.00. The van der Waals surface area contributed by atoms with Gasteiger partial charge in [0.25, 0.3) is 11.8 Å². The Morgan fingerprint density at radius 3 is 2.52 bits per heavy atom. The molecule has 0 aliphatic heterocycles. The number of rotatable bonds is 6. The zero-order chi connectivity index (χ0) is 18.2. The molecule has 2 amide bonds.